The molecule has 0 atom stereocenters. The number of carbonyl (C=O) groups is 4. The van der Waals surface area contributed by atoms with Crippen LogP contribution < -0.4 is 0 Å². The van der Waals surface area contributed by atoms with Gasteiger partial charge in [0.25, 0.3) is 0 Å². The largest absolute Gasteiger partial charge is 0.457 e. The first-order chi connectivity index (χ1) is 56.0. The van der Waals surface area contributed by atoms with Crippen molar-refractivity contribution < 1.29 is 38.1 Å². The molecule has 6 aromatic carbocycles. The van der Waals surface area contributed by atoms with Gasteiger partial charge in [-0.05, 0) is 142 Å². The van der Waals surface area contributed by atoms with E-state index in [-0.39, 0.29) is 48.7 Å². The monoisotopic (exact) mass is 1530 g/mol. The number of benzene rings is 6. The molecule has 0 radical (unpaired) electrons. The minimum absolute atomic E-state index is 0.182. The van der Waals surface area contributed by atoms with Crippen LogP contribution in [0.4, 0.5) is 0 Å². The second-order valence-corrected chi connectivity index (χ2v) is 31.5. The Labute approximate surface area is 678 Å². The minimum Gasteiger partial charge on any atom is -0.457 e. The molecule has 8 aromatic rings. The van der Waals surface area contributed by atoms with Gasteiger partial charge in [-0.25, -0.2) is 19.2 Å². The maximum Gasteiger partial charge on any atom is 0.349 e. The molecule has 12 bridgehead atoms. The smallest absolute Gasteiger partial charge is 0.349 e. The first kappa shape index (κ1) is 87.7. The summed E-state index contributed by atoms with van der Waals surface area (Å²) in [5, 5.41) is 45.1. The third kappa shape index (κ3) is 28.7. The number of nitrogens with zero attached hydrogens (tertiary/aromatic N) is 6. The van der Waals surface area contributed by atoms with Gasteiger partial charge in [0.2, 0.25) is 0 Å². The summed E-state index contributed by atoms with van der Waals surface area (Å²) in [6.45, 7) is 5.33. The number of hydrogen-bond acceptors (Lipinski definition) is 12. The first-order valence-electron chi connectivity index (χ1n) is 43.4. The van der Waals surface area contributed by atoms with Crippen molar-refractivity contribution in [3.8, 4) is 24.3 Å². The fourth-order valence-electron chi connectivity index (χ4n) is 15.9. The molecule has 14 heteroatoms. The van der Waals surface area contributed by atoms with Crippen LogP contribution >= 0.6 is 0 Å². The molecule has 114 heavy (non-hydrogen) atoms. The van der Waals surface area contributed by atoms with Gasteiger partial charge in [0, 0.05) is 56.7 Å². The van der Waals surface area contributed by atoms with Crippen LogP contribution in [0.3, 0.4) is 0 Å². The molecular weight excluding hydrogens is 1410 g/mol. The van der Waals surface area contributed by atoms with Crippen LogP contribution in [0.25, 0.3) is 67.9 Å². The van der Waals surface area contributed by atoms with Crippen LogP contribution in [0.2, 0.25) is 0 Å². The molecule has 0 unspecified atom stereocenters. The van der Waals surface area contributed by atoms with Crippen molar-refractivity contribution in [1.29, 1.82) is 21.0 Å². The Hall–Kier alpha value is -10.3. The van der Waals surface area contributed by atoms with Gasteiger partial charge in [0.05, 0.1) is 0 Å². The molecule has 1 aliphatic rings. The summed E-state index contributed by atoms with van der Waals surface area (Å²) in [7, 11) is 0. The summed E-state index contributed by atoms with van der Waals surface area (Å²) in [6, 6.07) is 45.4. The lowest BCUT2D eigenvalue weighted by atomic mass is 10.0. The van der Waals surface area contributed by atoms with Gasteiger partial charge in [0.15, 0.2) is 0 Å². The number of rotatable bonds is 42. The standard InChI is InChI=1S/C100H122N6O8/c1-3-5-7-9-11-13-15-17-19-21-23-25-27-29-31-33-35-37-39-41-57-105-93-53-49-77-61-85(69-101)97(107)111-73-81-45-43-47-83(59-81)75-113-99(109)87(71-103)63-79-51-55-95-91(67-79)92-68-80(52-56-96(92)106(95)58-42-40-38-36-34-32-30-28-26-24-22-20-18-16-14-12-10-8-6-4-2)64-88(72-104)100(110)114-76-84-48-44-46-82(60-84)74-112-98(108)86(70-102)62-78-50-54-94(105)90(66-78)89(93)65-77/h43-56,59-68H,3-42,57-58,73-76H2,1-2H3/b85-61+,86-62+,87-63+,88-64+. The zero-order valence-corrected chi connectivity index (χ0v) is 68.3. The number of unbranched alkanes of at least 4 members (excludes halogenated alkanes) is 38. The highest BCUT2D eigenvalue weighted by molar-refractivity contribution is 6.12. The maximum atomic E-state index is 13.8. The lowest BCUT2D eigenvalue weighted by molar-refractivity contribution is -0.140. The molecule has 9 rings (SSSR count). The number of aryl methyl sites for hydroxylation is 2. The second-order valence-electron chi connectivity index (χ2n) is 31.5. The molecule has 2 aromatic heterocycles. The number of hydrogen-bond donors (Lipinski definition) is 0. The number of carbonyl (C=O) groups excluding carboxylic acids is 4. The Morgan fingerprint density at radius 2 is 0.456 bits per heavy atom. The Morgan fingerprint density at radius 3 is 0.649 bits per heavy atom. The van der Waals surface area contributed by atoms with E-state index in [0.29, 0.717) is 44.5 Å². The number of fused-ring (bicyclic) bond motifs is 8. The summed E-state index contributed by atoms with van der Waals surface area (Å²) in [4.78, 5) is 55.1. The minimum atomic E-state index is -0.824. The van der Waals surface area contributed by atoms with Crippen LogP contribution in [0, 0.1) is 45.3 Å². The summed E-state index contributed by atoms with van der Waals surface area (Å²) < 4.78 is 27.6. The average molecular weight is 1540 g/mol. The highest BCUT2D eigenvalue weighted by Crippen LogP contribution is 2.36. The Kier molecular flexibility index (Phi) is 38.5. The van der Waals surface area contributed by atoms with Crippen LogP contribution in [-0.2, 0) is 77.6 Å². The fraction of sp³-hybridized carbons (Fsp3) is 0.480. The lowest BCUT2D eigenvalue weighted by Gasteiger charge is -2.09. The third-order valence-electron chi connectivity index (χ3n) is 22.4. The summed E-state index contributed by atoms with van der Waals surface area (Å²) in [5.41, 5.74) is 7.64. The van der Waals surface area contributed by atoms with Crippen molar-refractivity contribution in [2.45, 2.75) is 310 Å². The van der Waals surface area contributed by atoms with Crippen molar-refractivity contribution in [1.82, 2.24) is 9.13 Å². The lowest BCUT2D eigenvalue weighted by Crippen LogP contribution is -2.08. The van der Waals surface area contributed by atoms with Gasteiger partial charge in [0.1, 0.15) is 73.0 Å². The summed E-state index contributed by atoms with van der Waals surface area (Å²) in [5.74, 6) is -3.30. The number of aromatic nitrogens is 2. The van der Waals surface area contributed by atoms with Gasteiger partial charge in [-0.1, -0.05) is 319 Å². The third-order valence-corrected chi connectivity index (χ3v) is 22.4. The molecule has 600 valence electrons. The van der Waals surface area contributed by atoms with Gasteiger partial charge >= 0.3 is 23.9 Å². The SMILES string of the molecule is CCCCCCCCCCCCCCCCCCCCCCn1c2ccc3cc2c2cc(ccc21)/C=C(\C#N)C(=O)OCc1cccc(c1)COC(=O)/C(C#N)=C/c1ccc2c(c1)c1cc(ccc1n2CCCCCCCCCCCCCCCCCCCCCC)/C=C(\C#N)C(=O)OCc1cccc(c1)COC(=O)/C(C#N)=C/3. The van der Waals surface area contributed by atoms with Crippen LogP contribution in [0.1, 0.15) is 315 Å². The van der Waals surface area contributed by atoms with Gasteiger partial charge in [-0.2, -0.15) is 21.0 Å². The van der Waals surface area contributed by atoms with Crippen molar-refractivity contribution in [2.75, 3.05) is 0 Å². The van der Waals surface area contributed by atoms with E-state index in [1.165, 1.54) is 243 Å². The number of nitriles is 4. The molecule has 0 fully saturated rings. The van der Waals surface area contributed by atoms with Crippen molar-refractivity contribution in [3.05, 3.63) is 188 Å². The average Bonchev–Trinajstić information content (AvgIpc) is 1.61. The molecular formula is C100H122N6O8. The normalized spacial score (nSPS) is 15.3. The van der Waals surface area contributed by atoms with E-state index in [2.05, 4.69) is 23.0 Å². The van der Waals surface area contributed by atoms with E-state index >= 15 is 0 Å². The fourth-order valence-corrected chi connectivity index (χ4v) is 15.9. The molecule has 0 saturated heterocycles. The zero-order valence-electron chi connectivity index (χ0n) is 68.3. The molecule has 0 spiro atoms. The number of ether oxygens (including phenoxy) is 4. The Balaban J connectivity index is 0.870. The topological polar surface area (TPSA) is 210 Å². The van der Waals surface area contributed by atoms with E-state index in [9.17, 15) is 40.2 Å². The molecule has 3 heterocycles. The van der Waals surface area contributed by atoms with Crippen molar-refractivity contribution in [2.24, 2.45) is 0 Å². The molecule has 0 aliphatic carbocycles. The van der Waals surface area contributed by atoms with Gasteiger partial charge in [-0.15, -0.1) is 0 Å². The highest BCUT2D eigenvalue weighted by atomic mass is 16.5. The van der Waals surface area contributed by atoms with E-state index in [1.807, 2.05) is 97.1 Å². The van der Waals surface area contributed by atoms with E-state index in [4.69, 9.17) is 18.9 Å². The maximum absolute atomic E-state index is 13.8. The van der Waals surface area contributed by atoms with E-state index in [1.54, 1.807) is 48.5 Å². The predicted octanol–water partition coefficient (Wildman–Crippen LogP) is 26.5. The number of cyclic esters (lactones) is 4. The Morgan fingerprint density at radius 1 is 0.263 bits per heavy atom. The van der Waals surface area contributed by atoms with Gasteiger partial charge in [-0.3, -0.25) is 0 Å². The predicted molar refractivity (Wildman–Crippen MR) is 461 cm³/mol. The molecule has 14 nitrogen and oxygen atoms in total. The second kappa shape index (κ2) is 50.1. The van der Waals surface area contributed by atoms with Crippen LogP contribution in [-0.4, -0.2) is 33.0 Å². The van der Waals surface area contributed by atoms with Crippen molar-refractivity contribution >= 4 is 91.8 Å². The van der Waals surface area contributed by atoms with Crippen LogP contribution in [0.5, 0.6) is 0 Å². The summed E-state index contributed by atoms with van der Waals surface area (Å²) >= 11 is 0. The highest BCUT2D eigenvalue weighted by Gasteiger charge is 2.21. The quantitative estimate of drug-likeness (QED) is 0.0199. The van der Waals surface area contributed by atoms with Crippen molar-refractivity contribution in [3.63, 3.8) is 0 Å². The summed E-state index contributed by atoms with van der Waals surface area (Å²) in [6.07, 6.45) is 58.1. The molecule has 0 saturated carbocycles. The van der Waals surface area contributed by atoms with E-state index in [0.717, 1.165) is 95.2 Å². The van der Waals surface area contributed by atoms with E-state index < -0.39 is 23.9 Å². The zero-order chi connectivity index (χ0) is 80.2. The number of esters is 4. The van der Waals surface area contributed by atoms with Gasteiger partial charge < -0.3 is 28.1 Å². The van der Waals surface area contributed by atoms with Crippen LogP contribution in [0.15, 0.2) is 144 Å². The molecule has 0 N–H and O–H groups in total. The first-order valence-corrected chi connectivity index (χ1v) is 43.4. The Bertz CT molecular complexity index is 4210. The molecule has 1 aliphatic heterocycles. The molecule has 0 amide bonds.